The Kier molecular flexibility index (Phi) is 4.09. The molecule has 1 saturated heterocycles. The molecule has 2 aliphatic rings. The summed E-state index contributed by atoms with van der Waals surface area (Å²) in [4.78, 5) is 20.3. The van der Waals surface area contributed by atoms with Crippen LogP contribution >= 0.6 is 0 Å². The maximum Gasteiger partial charge on any atom is 0.233 e. The lowest BCUT2D eigenvalue weighted by atomic mass is 9.77. The predicted molar refractivity (Wildman–Crippen MR) is 94.5 cm³/mol. The van der Waals surface area contributed by atoms with Gasteiger partial charge in [-0.15, -0.1) is 0 Å². The molecular weight excluding hydrogens is 296 g/mol. The molecule has 3 nitrogen and oxygen atoms in total. The van der Waals surface area contributed by atoms with Crippen molar-refractivity contribution >= 4 is 5.91 Å². The monoisotopic (exact) mass is 320 g/mol. The zero-order valence-electron chi connectivity index (χ0n) is 14.0. The van der Waals surface area contributed by atoms with Gasteiger partial charge >= 0.3 is 0 Å². The highest BCUT2D eigenvalue weighted by Gasteiger charge is 2.47. The molecule has 1 aromatic carbocycles. The van der Waals surface area contributed by atoms with Crippen LogP contribution in [0.1, 0.15) is 55.8 Å². The van der Waals surface area contributed by atoms with Crippen molar-refractivity contribution in [3.8, 4) is 0 Å². The first-order valence-electron chi connectivity index (χ1n) is 9.09. The number of likely N-dealkylation sites (tertiary alicyclic amines) is 1. The zero-order valence-corrected chi connectivity index (χ0v) is 14.0. The largest absolute Gasteiger partial charge is 0.333 e. The number of pyridine rings is 1. The van der Waals surface area contributed by atoms with E-state index in [1.807, 2.05) is 24.4 Å². The minimum Gasteiger partial charge on any atom is -0.333 e. The van der Waals surface area contributed by atoms with Crippen LogP contribution in [0.4, 0.5) is 0 Å². The van der Waals surface area contributed by atoms with Crippen LogP contribution in [0.3, 0.4) is 0 Å². The summed E-state index contributed by atoms with van der Waals surface area (Å²) >= 11 is 0. The molecule has 0 radical (unpaired) electrons. The third-order valence-electron chi connectivity index (χ3n) is 5.74. The van der Waals surface area contributed by atoms with Gasteiger partial charge in [0.15, 0.2) is 0 Å². The fourth-order valence-corrected chi connectivity index (χ4v) is 4.53. The van der Waals surface area contributed by atoms with Crippen LogP contribution in [0, 0.1) is 0 Å². The Labute approximate surface area is 143 Å². The minimum absolute atomic E-state index is 0.139. The molecule has 0 spiro atoms. The van der Waals surface area contributed by atoms with E-state index in [4.69, 9.17) is 0 Å². The number of carbonyl (C=O) groups excluding carboxylic acids is 1. The Bertz CT molecular complexity index is 692. The Hall–Kier alpha value is -2.16. The first kappa shape index (κ1) is 15.4. The molecule has 1 aliphatic heterocycles. The molecule has 124 valence electrons. The normalized spacial score (nSPS) is 22.7. The van der Waals surface area contributed by atoms with E-state index in [9.17, 15) is 4.79 Å². The number of carbonyl (C=O) groups is 1. The van der Waals surface area contributed by atoms with Gasteiger partial charge in [0.1, 0.15) is 0 Å². The van der Waals surface area contributed by atoms with Crippen LogP contribution in [0.2, 0.25) is 0 Å². The van der Waals surface area contributed by atoms with Gasteiger partial charge in [-0.05, 0) is 43.4 Å². The second-order valence-corrected chi connectivity index (χ2v) is 7.07. The lowest BCUT2D eigenvalue weighted by Gasteiger charge is -2.35. The molecule has 24 heavy (non-hydrogen) atoms. The summed E-state index contributed by atoms with van der Waals surface area (Å²) in [6, 6.07) is 16.6. The highest BCUT2D eigenvalue weighted by molar-refractivity contribution is 5.89. The Balaban J connectivity index is 1.68. The van der Waals surface area contributed by atoms with Gasteiger partial charge in [-0.25, -0.2) is 0 Å². The molecule has 0 bridgehead atoms. The quantitative estimate of drug-likeness (QED) is 0.846. The third kappa shape index (κ3) is 2.52. The van der Waals surface area contributed by atoms with Crippen LogP contribution in [0.15, 0.2) is 54.7 Å². The summed E-state index contributed by atoms with van der Waals surface area (Å²) < 4.78 is 0. The number of nitrogens with zero attached hydrogens (tertiary/aromatic N) is 2. The van der Waals surface area contributed by atoms with Crippen molar-refractivity contribution in [1.82, 2.24) is 9.88 Å². The van der Waals surface area contributed by atoms with Crippen molar-refractivity contribution in [3.05, 3.63) is 66.0 Å². The van der Waals surface area contributed by atoms with Gasteiger partial charge in [-0.2, -0.15) is 0 Å². The molecule has 3 heteroatoms. The Morgan fingerprint density at radius 2 is 1.75 bits per heavy atom. The van der Waals surface area contributed by atoms with Crippen molar-refractivity contribution in [2.75, 3.05) is 6.54 Å². The number of hydrogen-bond donors (Lipinski definition) is 0. The molecule has 2 heterocycles. The maximum atomic E-state index is 13.7. The SMILES string of the molecule is O=C(N1CCC[C@@H]1c1ccccn1)C1(c2ccccc2)CCCC1. The summed E-state index contributed by atoms with van der Waals surface area (Å²) in [5, 5.41) is 0. The molecule has 0 unspecified atom stereocenters. The summed E-state index contributed by atoms with van der Waals surface area (Å²) in [7, 11) is 0. The highest BCUT2D eigenvalue weighted by Crippen LogP contribution is 2.45. The van der Waals surface area contributed by atoms with Gasteiger partial charge in [0.05, 0.1) is 17.2 Å². The second kappa shape index (κ2) is 6.39. The van der Waals surface area contributed by atoms with E-state index >= 15 is 0 Å². The first-order chi connectivity index (χ1) is 11.8. The van der Waals surface area contributed by atoms with E-state index < -0.39 is 0 Å². The van der Waals surface area contributed by atoms with Gasteiger partial charge in [0.2, 0.25) is 5.91 Å². The fraction of sp³-hybridized carbons (Fsp3) is 0.429. The highest BCUT2D eigenvalue weighted by atomic mass is 16.2. The van der Waals surface area contributed by atoms with Crippen LogP contribution in [0.5, 0.6) is 0 Å². The minimum atomic E-state index is -0.321. The number of amides is 1. The molecular formula is C21H24N2O. The topological polar surface area (TPSA) is 33.2 Å². The molecule has 1 saturated carbocycles. The number of hydrogen-bond acceptors (Lipinski definition) is 2. The summed E-state index contributed by atoms with van der Waals surface area (Å²) in [5.74, 6) is 0.319. The van der Waals surface area contributed by atoms with Crippen molar-refractivity contribution in [2.24, 2.45) is 0 Å². The van der Waals surface area contributed by atoms with Crippen LogP contribution in [-0.2, 0) is 10.2 Å². The first-order valence-corrected chi connectivity index (χ1v) is 9.09. The molecule has 1 aromatic heterocycles. The van der Waals surface area contributed by atoms with Gasteiger partial charge in [0, 0.05) is 12.7 Å². The van der Waals surface area contributed by atoms with E-state index in [1.165, 1.54) is 5.56 Å². The van der Waals surface area contributed by atoms with Crippen molar-refractivity contribution < 1.29 is 4.79 Å². The zero-order chi connectivity index (χ0) is 16.4. The Morgan fingerprint density at radius 3 is 2.46 bits per heavy atom. The van der Waals surface area contributed by atoms with Gasteiger partial charge in [-0.1, -0.05) is 49.2 Å². The van der Waals surface area contributed by atoms with Crippen molar-refractivity contribution in [3.63, 3.8) is 0 Å². The molecule has 1 aliphatic carbocycles. The molecule has 2 fully saturated rings. The number of rotatable bonds is 3. The van der Waals surface area contributed by atoms with Crippen molar-refractivity contribution in [2.45, 2.75) is 50.0 Å². The van der Waals surface area contributed by atoms with Crippen LogP contribution in [-0.4, -0.2) is 22.3 Å². The van der Waals surface area contributed by atoms with E-state index in [0.29, 0.717) is 5.91 Å². The number of benzene rings is 1. The average Bonchev–Trinajstić information content (AvgIpc) is 3.33. The van der Waals surface area contributed by atoms with E-state index in [0.717, 1.165) is 50.8 Å². The third-order valence-corrected chi connectivity index (χ3v) is 5.74. The lowest BCUT2D eigenvalue weighted by molar-refractivity contribution is -0.138. The van der Waals surface area contributed by atoms with E-state index in [-0.39, 0.29) is 11.5 Å². The lowest BCUT2D eigenvalue weighted by Crippen LogP contribution is -2.45. The molecule has 0 N–H and O–H groups in total. The van der Waals surface area contributed by atoms with Gasteiger partial charge in [-0.3, -0.25) is 9.78 Å². The second-order valence-electron chi connectivity index (χ2n) is 7.07. The van der Waals surface area contributed by atoms with E-state index in [2.05, 4.69) is 40.2 Å². The number of aromatic nitrogens is 1. The summed E-state index contributed by atoms with van der Waals surface area (Å²) in [6.07, 6.45) is 8.15. The van der Waals surface area contributed by atoms with E-state index in [1.54, 1.807) is 0 Å². The predicted octanol–water partition coefficient (Wildman–Crippen LogP) is 4.26. The fourth-order valence-electron chi connectivity index (χ4n) is 4.53. The molecule has 4 rings (SSSR count). The van der Waals surface area contributed by atoms with Crippen molar-refractivity contribution in [1.29, 1.82) is 0 Å². The van der Waals surface area contributed by atoms with Gasteiger partial charge < -0.3 is 4.90 Å². The standard InChI is InChI=1S/C21H24N2O/c24-20(21(13-5-6-14-21)17-9-2-1-3-10-17)23-16-8-12-19(23)18-11-4-7-15-22-18/h1-4,7,9-11,15,19H,5-6,8,12-14,16H2/t19-/m1/s1. The molecule has 1 amide bonds. The van der Waals surface area contributed by atoms with Gasteiger partial charge in [0.25, 0.3) is 0 Å². The van der Waals surface area contributed by atoms with Crippen LogP contribution in [0.25, 0.3) is 0 Å². The summed E-state index contributed by atoms with van der Waals surface area (Å²) in [5.41, 5.74) is 1.90. The van der Waals surface area contributed by atoms with Crippen LogP contribution < -0.4 is 0 Å². The average molecular weight is 320 g/mol. The molecule has 1 atom stereocenters. The Morgan fingerprint density at radius 1 is 1.00 bits per heavy atom. The molecule has 2 aromatic rings. The maximum absolute atomic E-state index is 13.7. The smallest absolute Gasteiger partial charge is 0.233 e. The summed E-state index contributed by atoms with van der Waals surface area (Å²) in [6.45, 7) is 0.856.